The number of hydrogen-bond acceptors (Lipinski definition) is 2. The quantitative estimate of drug-likeness (QED) is 0.881. The average Bonchev–Trinajstić information content (AvgIpc) is 2.76. The van der Waals surface area contributed by atoms with Gasteiger partial charge in [-0.25, -0.2) is 0 Å². The van der Waals surface area contributed by atoms with Gasteiger partial charge >= 0.3 is 12.1 Å². The molecule has 1 saturated heterocycles. The zero-order chi connectivity index (χ0) is 13.3. The summed E-state index contributed by atoms with van der Waals surface area (Å²) >= 11 is 0. The van der Waals surface area contributed by atoms with Crippen LogP contribution in [0, 0.1) is 5.92 Å². The fourth-order valence-corrected chi connectivity index (χ4v) is 2.34. The summed E-state index contributed by atoms with van der Waals surface area (Å²) in [6.07, 6.45) is -4.46. The van der Waals surface area contributed by atoms with Gasteiger partial charge in [-0.05, 0) is 11.6 Å². The van der Waals surface area contributed by atoms with Crippen LogP contribution in [0.1, 0.15) is 17.0 Å². The molecule has 2 atom stereocenters. The van der Waals surface area contributed by atoms with Gasteiger partial charge < -0.3 is 10.4 Å². The third kappa shape index (κ3) is 3.19. The largest absolute Gasteiger partial charge is 0.481 e. The standard InChI is InChI=1S/C12H12F3NO2.ClH/c13-12(14,15)10-4-2-1-3-7(10)8-5-16-6-9(8)11(17)18;/h1-4,8-9,16H,5-6H2,(H,17,18);1H/t8-,9-;/m0./s1. The average molecular weight is 296 g/mol. The van der Waals surface area contributed by atoms with Crippen molar-refractivity contribution in [3.63, 3.8) is 0 Å². The first-order chi connectivity index (χ1) is 8.41. The van der Waals surface area contributed by atoms with E-state index in [1.165, 1.54) is 18.2 Å². The molecule has 0 spiro atoms. The summed E-state index contributed by atoms with van der Waals surface area (Å²) in [5, 5.41) is 11.9. The zero-order valence-corrected chi connectivity index (χ0v) is 10.6. The Morgan fingerprint density at radius 3 is 2.47 bits per heavy atom. The number of carboxylic acid groups (broad SMARTS) is 1. The van der Waals surface area contributed by atoms with Crippen LogP contribution in [0.4, 0.5) is 13.2 Å². The number of halogens is 4. The molecule has 1 aliphatic rings. The molecule has 1 fully saturated rings. The maximum Gasteiger partial charge on any atom is 0.416 e. The Hall–Kier alpha value is -1.27. The van der Waals surface area contributed by atoms with Gasteiger partial charge in [-0.1, -0.05) is 18.2 Å². The van der Waals surface area contributed by atoms with Gasteiger partial charge in [-0.3, -0.25) is 4.79 Å². The number of aliphatic carboxylic acids is 1. The van der Waals surface area contributed by atoms with E-state index < -0.39 is 29.5 Å². The van der Waals surface area contributed by atoms with Gasteiger partial charge in [-0.15, -0.1) is 12.4 Å². The van der Waals surface area contributed by atoms with Crippen molar-refractivity contribution in [2.75, 3.05) is 13.1 Å². The Balaban J connectivity index is 0.00000180. The van der Waals surface area contributed by atoms with Crippen LogP contribution in [-0.2, 0) is 11.0 Å². The van der Waals surface area contributed by atoms with Crippen LogP contribution < -0.4 is 5.32 Å². The van der Waals surface area contributed by atoms with Crippen molar-refractivity contribution < 1.29 is 23.1 Å². The van der Waals surface area contributed by atoms with Gasteiger partial charge in [0.15, 0.2) is 0 Å². The highest BCUT2D eigenvalue weighted by Crippen LogP contribution is 2.38. The van der Waals surface area contributed by atoms with Gasteiger partial charge in [0.25, 0.3) is 0 Å². The molecular formula is C12H13ClF3NO2. The topological polar surface area (TPSA) is 49.3 Å². The van der Waals surface area contributed by atoms with Gasteiger partial charge in [0.05, 0.1) is 11.5 Å². The molecule has 0 aliphatic carbocycles. The molecule has 0 saturated carbocycles. The van der Waals surface area contributed by atoms with E-state index >= 15 is 0 Å². The predicted molar refractivity (Wildman–Crippen MR) is 65.4 cm³/mol. The molecule has 1 heterocycles. The van der Waals surface area contributed by atoms with Crippen LogP contribution in [0.2, 0.25) is 0 Å². The van der Waals surface area contributed by atoms with Crippen molar-refractivity contribution in [3.8, 4) is 0 Å². The van der Waals surface area contributed by atoms with E-state index in [1.54, 1.807) is 0 Å². The summed E-state index contributed by atoms with van der Waals surface area (Å²) in [7, 11) is 0. The molecule has 2 rings (SSSR count). The van der Waals surface area contributed by atoms with Gasteiger partial charge in [0, 0.05) is 19.0 Å². The molecule has 7 heteroatoms. The first kappa shape index (κ1) is 15.8. The summed E-state index contributed by atoms with van der Waals surface area (Å²) < 4.78 is 38.6. The monoisotopic (exact) mass is 295 g/mol. The van der Waals surface area contributed by atoms with Crippen molar-refractivity contribution in [1.82, 2.24) is 5.32 Å². The van der Waals surface area contributed by atoms with Crippen molar-refractivity contribution in [1.29, 1.82) is 0 Å². The Morgan fingerprint density at radius 1 is 1.26 bits per heavy atom. The molecular weight excluding hydrogens is 283 g/mol. The SMILES string of the molecule is Cl.O=C(O)[C@H]1CNC[C@H]1c1ccccc1C(F)(F)F. The molecule has 106 valence electrons. The predicted octanol–water partition coefficient (Wildman–Crippen LogP) is 2.51. The molecule has 19 heavy (non-hydrogen) atoms. The van der Waals surface area contributed by atoms with E-state index in [0.717, 1.165) is 6.07 Å². The Labute approximate surface area is 114 Å². The fourth-order valence-electron chi connectivity index (χ4n) is 2.34. The first-order valence-electron chi connectivity index (χ1n) is 5.51. The Kier molecular flexibility index (Phi) is 4.81. The summed E-state index contributed by atoms with van der Waals surface area (Å²) in [4.78, 5) is 11.0. The third-order valence-corrected chi connectivity index (χ3v) is 3.20. The zero-order valence-electron chi connectivity index (χ0n) is 9.78. The second-order valence-electron chi connectivity index (χ2n) is 4.29. The normalized spacial score (nSPS) is 22.9. The molecule has 0 bridgehead atoms. The maximum absolute atomic E-state index is 12.9. The van der Waals surface area contributed by atoms with E-state index in [9.17, 15) is 18.0 Å². The van der Waals surface area contributed by atoms with Crippen LogP contribution in [0.5, 0.6) is 0 Å². The van der Waals surface area contributed by atoms with Crippen LogP contribution in [-0.4, -0.2) is 24.2 Å². The number of alkyl halides is 3. The highest BCUT2D eigenvalue weighted by atomic mass is 35.5. The van der Waals surface area contributed by atoms with Gasteiger partial charge in [0.2, 0.25) is 0 Å². The van der Waals surface area contributed by atoms with E-state index in [4.69, 9.17) is 5.11 Å². The highest BCUT2D eigenvalue weighted by Gasteiger charge is 2.40. The van der Waals surface area contributed by atoms with E-state index in [0.29, 0.717) is 0 Å². The van der Waals surface area contributed by atoms with Crippen LogP contribution in [0.3, 0.4) is 0 Å². The number of nitrogens with one attached hydrogen (secondary N) is 1. The van der Waals surface area contributed by atoms with Gasteiger partial charge in [0.1, 0.15) is 0 Å². The Bertz CT molecular complexity index is 465. The summed E-state index contributed by atoms with van der Waals surface area (Å²) in [6, 6.07) is 5.16. The number of benzene rings is 1. The number of hydrogen-bond donors (Lipinski definition) is 2. The van der Waals surface area contributed by atoms with Crippen LogP contribution in [0.15, 0.2) is 24.3 Å². The molecule has 1 aliphatic heterocycles. The Morgan fingerprint density at radius 2 is 1.89 bits per heavy atom. The molecule has 1 aromatic carbocycles. The molecule has 2 N–H and O–H groups in total. The summed E-state index contributed by atoms with van der Waals surface area (Å²) in [6.45, 7) is 0.455. The van der Waals surface area contributed by atoms with Crippen LogP contribution in [0.25, 0.3) is 0 Å². The van der Waals surface area contributed by atoms with Gasteiger partial charge in [-0.2, -0.15) is 13.2 Å². The minimum absolute atomic E-state index is 0. The third-order valence-electron chi connectivity index (χ3n) is 3.20. The minimum atomic E-state index is -4.46. The van der Waals surface area contributed by atoms with E-state index in [-0.39, 0.29) is 31.1 Å². The second kappa shape index (κ2) is 5.79. The van der Waals surface area contributed by atoms with Crippen LogP contribution >= 0.6 is 12.4 Å². The number of carboxylic acids is 1. The molecule has 1 aromatic rings. The van der Waals surface area contributed by atoms with Crippen molar-refractivity contribution in [2.24, 2.45) is 5.92 Å². The lowest BCUT2D eigenvalue weighted by atomic mass is 9.86. The molecule has 3 nitrogen and oxygen atoms in total. The number of rotatable bonds is 2. The lowest BCUT2D eigenvalue weighted by Gasteiger charge is -2.20. The second-order valence-corrected chi connectivity index (χ2v) is 4.29. The van der Waals surface area contributed by atoms with Crippen molar-refractivity contribution >= 4 is 18.4 Å². The van der Waals surface area contributed by atoms with Crippen molar-refractivity contribution in [2.45, 2.75) is 12.1 Å². The lowest BCUT2D eigenvalue weighted by molar-refractivity contribution is -0.143. The highest BCUT2D eigenvalue weighted by molar-refractivity contribution is 5.85. The number of carbonyl (C=O) groups is 1. The van der Waals surface area contributed by atoms with Crippen molar-refractivity contribution in [3.05, 3.63) is 35.4 Å². The molecule has 0 unspecified atom stereocenters. The first-order valence-corrected chi connectivity index (χ1v) is 5.51. The minimum Gasteiger partial charge on any atom is -0.481 e. The molecule has 0 aromatic heterocycles. The smallest absolute Gasteiger partial charge is 0.416 e. The van der Waals surface area contributed by atoms with E-state index in [2.05, 4.69) is 5.32 Å². The van der Waals surface area contributed by atoms with E-state index in [1.807, 2.05) is 0 Å². The fraction of sp³-hybridized carbons (Fsp3) is 0.417. The maximum atomic E-state index is 12.9. The summed E-state index contributed by atoms with van der Waals surface area (Å²) in [5.41, 5.74) is -0.688. The molecule has 0 amide bonds. The summed E-state index contributed by atoms with van der Waals surface area (Å²) in [5.74, 6) is -2.52. The molecule has 0 radical (unpaired) electrons. The lowest BCUT2D eigenvalue weighted by Crippen LogP contribution is -2.23.